The molecule has 108 valence electrons. The van der Waals surface area contributed by atoms with Crippen LogP contribution in [-0.4, -0.2) is 8.42 Å². The van der Waals surface area contributed by atoms with E-state index in [1.807, 2.05) is 0 Å². The van der Waals surface area contributed by atoms with Crippen LogP contribution in [0.1, 0.15) is 11.1 Å². The SMILES string of the molecule is O=S(=O)(C=Cc1ccc(Cl)cc1)C=Cc1ccc(Cl)cc1. The summed E-state index contributed by atoms with van der Waals surface area (Å²) in [4.78, 5) is 0. The zero-order valence-electron chi connectivity index (χ0n) is 10.9. The molecule has 5 heteroatoms. The highest BCUT2D eigenvalue weighted by atomic mass is 35.5. The van der Waals surface area contributed by atoms with Gasteiger partial charge in [-0.3, -0.25) is 0 Å². The molecule has 0 bridgehead atoms. The Morgan fingerprint density at radius 3 is 1.33 bits per heavy atom. The van der Waals surface area contributed by atoms with Gasteiger partial charge < -0.3 is 0 Å². The molecule has 0 aliphatic carbocycles. The molecule has 2 rings (SSSR count). The Morgan fingerprint density at radius 2 is 1.00 bits per heavy atom. The van der Waals surface area contributed by atoms with Gasteiger partial charge in [0, 0.05) is 20.9 Å². The van der Waals surface area contributed by atoms with E-state index < -0.39 is 9.84 Å². The van der Waals surface area contributed by atoms with Gasteiger partial charge in [0.1, 0.15) is 0 Å². The van der Waals surface area contributed by atoms with Gasteiger partial charge in [0.05, 0.1) is 0 Å². The van der Waals surface area contributed by atoms with Gasteiger partial charge in [-0.1, -0.05) is 47.5 Å². The first-order chi connectivity index (χ1) is 9.94. The molecule has 0 aliphatic rings. The third kappa shape index (κ3) is 5.38. The summed E-state index contributed by atoms with van der Waals surface area (Å²) < 4.78 is 23.8. The van der Waals surface area contributed by atoms with Gasteiger partial charge >= 0.3 is 0 Å². The molecular weight excluding hydrogens is 327 g/mol. The number of halogens is 2. The molecule has 0 heterocycles. The predicted molar refractivity (Wildman–Crippen MR) is 89.9 cm³/mol. The van der Waals surface area contributed by atoms with Crippen molar-refractivity contribution in [3.05, 3.63) is 80.5 Å². The van der Waals surface area contributed by atoms with Crippen LogP contribution in [0.5, 0.6) is 0 Å². The van der Waals surface area contributed by atoms with Crippen LogP contribution >= 0.6 is 23.2 Å². The highest BCUT2D eigenvalue weighted by molar-refractivity contribution is 7.97. The van der Waals surface area contributed by atoms with E-state index in [2.05, 4.69) is 0 Å². The van der Waals surface area contributed by atoms with E-state index in [4.69, 9.17) is 23.2 Å². The number of sulfone groups is 1. The zero-order chi connectivity index (χ0) is 15.3. The molecule has 0 N–H and O–H groups in total. The van der Waals surface area contributed by atoms with Crippen molar-refractivity contribution in [1.29, 1.82) is 0 Å². The molecule has 0 atom stereocenters. The van der Waals surface area contributed by atoms with Crippen LogP contribution in [0.15, 0.2) is 59.3 Å². The van der Waals surface area contributed by atoms with Gasteiger partial charge in [-0.2, -0.15) is 0 Å². The lowest BCUT2D eigenvalue weighted by Gasteiger charge is -1.95. The van der Waals surface area contributed by atoms with E-state index in [0.29, 0.717) is 10.0 Å². The lowest BCUT2D eigenvalue weighted by Crippen LogP contribution is -1.87. The van der Waals surface area contributed by atoms with Crippen LogP contribution in [0.3, 0.4) is 0 Å². The fourth-order valence-corrected chi connectivity index (χ4v) is 2.58. The van der Waals surface area contributed by atoms with Crippen LogP contribution in [-0.2, 0) is 9.84 Å². The Balaban J connectivity index is 2.11. The minimum Gasteiger partial charge on any atom is -0.220 e. The first-order valence-electron chi connectivity index (χ1n) is 6.07. The quantitative estimate of drug-likeness (QED) is 0.781. The van der Waals surface area contributed by atoms with Crippen LogP contribution in [0.25, 0.3) is 12.2 Å². The van der Waals surface area contributed by atoms with Gasteiger partial charge in [-0.25, -0.2) is 8.42 Å². The molecule has 2 aromatic carbocycles. The summed E-state index contributed by atoms with van der Waals surface area (Å²) in [5, 5.41) is 3.53. The lowest BCUT2D eigenvalue weighted by atomic mass is 10.2. The van der Waals surface area contributed by atoms with E-state index in [1.54, 1.807) is 48.5 Å². The molecule has 0 amide bonds. The van der Waals surface area contributed by atoms with E-state index >= 15 is 0 Å². The fraction of sp³-hybridized carbons (Fsp3) is 0. The second-order valence-corrected chi connectivity index (χ2v) is 6.89. The summed E-state index contributed by atoms with van der Waals surface area (Å²) in [6.45, 7) is 0. The van der Waals surface area contributed by atoms with E-state index in [1.165, 1.54) is 12.2 Å². The number of hydrogen-bond acceptors (Lipinski definition) is 2. The van der Waals surface area contributed by atoms with Crippen LogP contribution < -0.4 is 0 Å². The van der Waals surface area contributed by atoms with Gasteiger partial charge in [0.25, 0.3) is 0 Å². The van der Waals surface area contributed by atoms with E-state index in [0.717, 1.165) is 21.9 Å². The molecule has 0 spiro atoms. The highest BCUT2D eigenvalue weighted by Gasteiger charge is 2.00. The molecule has 0 unspecified atom stereocenters. The molecule has 0 aliphatic heterocycles. The number of hydrogen-bond donors (Lipinski definition) is 0. The largest absolute Gasteiger partial charge is 0.220 e. The maximum Gasteiger partial charge on any atom is 0.193 e. The fourth-order valence-electron chi connectivity index (χ4n) is 1.54. The Hall–Kier alpha value is -1.55. The van der Waals surface area contributed by atoms with Crippen molar-refractivity contribution >= 4 is 45.2 Å². The van der Waals surface area contributed by atoms with Crippen molar-refractivity contribution in [2.45, 2.75) is 0 Å². The van der Waals surface area contributed by atoms with Crippen molar-refractivity contribution in [3.63, 3.8) is 0 Å². The van der Waals surface area contributed by atoms with Crippen LogP contribution in [0, 0.1) is 0 Å². The van der Waals surface area contributed by atoms with Crippen LogP contribution in [0.2, 0.25) is 10.0 Å². The zero-order valence-corrected chi connectivity index (χ0v) is 13.2. The molecular formula is C16H12Cl2O2S. The Bertz CT molecular complexity index is 697. The number of benzene rings is 2. The van der Waals surface area contributed by atoms with Crippen LogP contribution in [0.4, 0.5) is 0 Å². The molecule has 0 saturated carbocycles. The first-order valence-corrected chi connectivity index (χ1v) is 8.43. The summed E-state index contributed by atoms with van der Waals surface area (Å²) in [5.74, 6) is 0. The second-order valence-electron chi connectivity index (χ2n) is 4.30. The van der Waals surface area contributed by atoms with Crippen molar-refractivity contribution in [3.8, 4) is 0 Å². The Kier molecular flexibility index (Phi) is 5.23. The summed E-state index contributed by atoms with van der Waals surface area (Å²) in [6.07, 6.45) is 3.05. The second kappa shape index (κ2) is 6.94. The molecule has 0 saturated heterocycles. The van der Waals surface area contributed by atoms with E-state index in [-0.39, 0.29) is 0 Å². The molecule has 0 aromatic heterocycles. The lowest BCUT2D eigenvalue weighted by molar-refractivity contribution is 0.613. The minimum absolute atomic E-state index is 0.609. The maximum absolute atomic E-state index is 11.9. The highest BCUT2D eigenvalue weighted by Crippen LogP contribution is 2.13. The van der Waals surface area contributed by atoms with Gasteiger partial charge in [0.15, 0.2) is 9.84 Å². The normalized spacial score (nSPS) is 12.3. The Morgan fingerprint density at radius 1 is 0.667 bits per heavy atom. The number of rotatable bonds is 4. The van der Waals surface area contributed by atoms with Gasteiger partial charge in [-0.15, -0.1) is 0 Å². The topological polar surface area (TPSA) is 34.1 Å². The van der Waals surface area contributed by atoms with Crippen molar-refractivity contribution < 1.29 is 8.42 Å². The third-order valence-corrected chi connectivity index (χ3v) is 4.18. The third-order valence-electron chi connectivity index (χ3n) is 2.64. The van der Waals surface area contributed by atoms with E-state index in [9.17, 15) is 8.42 Å². The summed E-state index contributed by atoms with van der Waals surface area (Å²) in [7, 11) is -3.43. The smallest absolute Gasteiger partial charge is 0.193 e. The summed E-state index contributed by atoms with van der Waals surface area (Å²) in [6, 6.07) is 13.8. The molecule has 2 nitrogen and oxygen atoms in total. The van der Waals surface area contributed by atoms with Gasteiger partial charge in [0.2, 0.25) is 0 Å². The Labute approximate surface area is 134 Å². The van der Waals surface area contributed by atoms with Crippen molar-refractivity contribution in [1.82, 2.24) is 0 Å². The van der Waals surface area contributed by atoms with Crippen molar-refractivity contribution in [2.24, 2.45) is 0 Å². The minimum atomic E-state index is -3.43. The van der Waals surface area contributed by atoms with Gasteiger partial charge in [-0.05, 0) is 47.5 Å². The summed E-state index contributed by atoms with van der Waals surface area (Å²) in [5.41, 5.74) is 1.53. The molecule has 21 heavy (non-hydrogen) atoms. The first kappa shape index (κ1) is 15.8. The monoisotopic (exact) mass is 338 g/mol. The van der Waals surface area contributed by atoms with Crippen molar-refractivity contribution in [2.75, 3.05) is 0 Å². The standard InChI is InChI=1S/C16H12Cl2O2S/c17-15-5-1-13(2-6-15)9-11-21(19,20)12-10-14-3-7-16(18)8-4-14/h1-12H. The average molecular weight is 339 g/mol. The average Bonchev–Trinajstić information content (AvgIpc) is 2.46. The molecule has 2 aromatic rings. The molecule has 0 fully saturated rings. The molecule has 0 radical (unpaired) electrons. The maximum atomic E-state index is 11.9. The predicted octanol–water partition coefficient (Wildman–Crippen LogP) is 5.05. The summed E-state index contributed by atoms with van der Waals surface area (Å²) >= 11 is 11.5.